The lowest BCUT2D eigenvalue weighted by atomic mass is 10.0. The van der Waals surface area contributed by atoms with E-state index in [0.29, 0.717) is 23.9 Å². The van der Waals surface area contributed by atoms with Crippen LogP contribution in [-0.4, -0.2) is 74.3 Å². The van der Waals surface area contributed by atoms with Crippen molar-refractivity contribution in [2.45, 2.75) is 315 Å². The summed E-state index contributed by atoms with van der Waals surface area (Å²) < 4.78 is 30.7. The molecular weight excluding hydrogens is 1000 g/mol. The Labute approximate surface area is 489 Å². The van der Waals surface area contributed by atoms with Crippen LogP contribution in [0.15, 0.2) is 72.9 Å². The smallest absolute Gasteiger partial charge is 0.456 e. The number of rotatable bonds is 60. The highest BCUT2D eigenvalue weighted by Gasteiger charge is 2.30. The van der Waals surface area contributed by atoms with Crippen LogP contribution in [0.3, 0.4) is 0 Å². The molecule has 79 heavy (non-hydrogen) atoms. The first-order valence-electron chi connectivity index (χ1n) is 33.3. The molecule has 9 nitrogen and oxygen atoms in total. The summed E-state index contributed by atoms with van der Waals surface area (Å²) in [6.45, 7) is 6.89. The van der Waals surface area contributed by atoms with Crippen LogP contribution < -0.4 is 5.32 Å². The second-order valence-electron chi connectivity index (χ2n) is 23.6. The molecule has 0 saturated heterocycles. The fourth-order valence-electron chi connectivity index (χ4n) is 9.57. The van der Waals surface area contributed by atoms with Crippen molar-refractivity contribution in [3.63, 3.8) is 0 Å². The Hall–Kier alpha value is -2.55. The molecule has 10 heteroatoms. The summed E-state index contributed by atoms with van der Waals surface area (Å²) in [5, 5.41) is 3.05. The van der Waals surface area contributed by atoms with Crippen molar-refractivity contribution in [3.05, 3.63) is 72.9 Å². The number of esters is 1. The van der Waals surface area contributed by atoms with Gasteiger partial charge in [0.2, 0.25) is 5.91 Å². The Morgan fingerprint density at radius 2 is 0.823 bits per heavy atom. The van der Waals surface area contributed by atoms with Crippen molar-refractivity contribution in [3.8, 4) is 0 Å². The van der Waals surface area contributed by atoms with Crippen LogP contribution in [0.25, 0.3) is 0 Å². The fourth-order valence-corrected chi connectivity index (χ4v) is 10.3. The molecule has 0 aromatic heterocycles. The van der Waals surface area contributed by atoms with Gasteiger partial charge in [0.05, 0.1) is 33.8 Å². The molecule has 460 valence electrons. The van der Waals surface area contributed by atoms with Crippen molar-refractivity contribution in [1.29, 1.82) is 0 Å². The number of carbonyl (C=O) groups is 2. The minimum Gasteiger partial charge on any atom is -0.456 e. The number of phosphoric acid groups is 1. The molecule has 0 radical (unpaired) electrons. The zero-order chi connectivity index (χ0) is 57.9. The summed E-state index contributed by atoms with van der Waals surface area (Å²) in [6.07, 6.45) is 76.3. The number of phosphoric ester groups is 1. The number of carbonyl (C=O) groups excluding carboxylic acids is 2. The first kappa shape index (κ1) is 76.5. The zero-order valence-electron chi connectivity index (χ0n) is 52.6. The number of hydrogen-bond donors (Lipinski definition) is 2. The van der Waals surface area contributed by atoms with Crippen LogP contribution in [0, 0.1) is 0 Å². The second-order valence-corrected chi connectivity index (χ2v) is 25.1. The number of amides is 1. The normalized spacial score (nSPS) is 14.1. The van der Waals surface area contributed by atoms with Crippen LogP contribution in [-0.2, 0) is 27.9 Å². The van der Waals surface area contributed by atoms with Crippen molar-refractivity contribution < 1.29 is 37.3 Å². The lowest BCUT2D eigenvalue weighted by Gasteiger charge is -2.27. The maximum absolute atomic E-state index is 13.6. The van der Waals surface area contributed by atoms with E-state index < -0.39 is 20.0 Å². The average Bonchev–Trinajstić information content (AvgIpc) is 3.41. The van der Waals surface area contributed by atoms with Gasteiger partial charge in [-0.05, 0) is 70.3 Å². The van der Waals surface area contributed by atoms with Gasteiger partial charge in [0.15, 0.2) is 0 Å². The predicted octanol–water partition coefficient (Wildman–Crippen LogP) is 20.8. The molecule has 0 fully saturated rings. The molecule has 2 N–H and O–H groups in total. The number of quaternary nitrogens is 1. The van der Waals surface area contributed by atoms with Crippen LogP contribution in [0.1, 0.15) is 303 Å². The van der Waals surface area contributed by atoms with Gasteiger partial charge in [0, 0.05) is 12.8 Å². The van der Waals surface area contributed by atoms with E-state index in [1.807, 2.05) is 33.3 Å². The Morgan fingerprint density at radius 1 is 0.456 bits per heavy atom. The van der Waals surface area contributed by atoms with Crippen LogP contribution in [0.4, 0.5) is 0 Å². The van der Waals surface area contributed by atoms with Crippen molar-refractivity contribution in [2.24, 2.45) is 0 Å². The molecule has 0 heterocycles. The highest BCUT2D eigenvalue weighted by atomic mass is 31.2. The van der Waals surface area contributed by atoms with Crippen LogP contribution in [0.5, 0.6) is 0 Å². The van der Waals surface area contributed by atoms with E-state index in [9.17, 15) is 19.0 Å². The van der Waals surface area contributed by atoms with Crippen LogP contribution in [0.2, 0.25) is 0 Å². The zero-order valence-corrected chi connectivity index (χ0v) is 53.5. The van der Waals surface area contributed by atoms with E-state index in [4.69, 9.17) is 13.8 Å². The topological polar surface area (TPSA) is 111 Å². The van der Waals surface area contributed by atoms with E-state index in [2.05, 4.69) is 86.8 Å². The molecule has 0 bridgehead atoms. The lowest BCUT2D eigenvalue weighted by Crippen LogP contribution is -2.47. The molecule has 3 atom stereocenters. The molecule has 0 aliphatic carbocycles. The maximum atomic E-state index is 13.6. The van der Waals surface area contributed by atoms with Gasteiger partial charge < -0.3 is 19.4 Å². The Kier molecular flexibility index (Phi) is 56.7. The third-order valence-corrected chi connectivity index (χ3v) is 15.6. The summed E-state index contributed by atoms with van der Waals surface area (Å²) >= 11 is 0. The van der Waals surface area contributed by atoms with Crippen molar-refractivity contribution in [1.82, 2.24) is 5.32 Å². The number of ether oxygens (including phenoxy) is 1. The first-order chi connectivity index (χ1) is 38.4. The minimum absolute atomic E-state index is 0.0308. The number of nitrogens with one attached hydrogen (secondary N) is 1. The van der Waals surface area contributed by atoms with E-state index in [1.54, 1.807) is 0 Å². The maximum Gasteiger partial charge on any atom is 0.472 e. The quantitative estimate of drug-likeness (QED) is 0.0205. The Morgan fingerprint density at radius 3 is 1.23 bits per heavy atom. The van der Waals surface area contributed by atoms with Gasteiger partial charge in [0.1, 0.15) is 19.3 Å². The average molecular weight is 1130 g/mol. The lowest BCUT2D eigenvalue weighted by molar-refractivity contribution is -0.870. The molecular formula is C69H128N2O7P+. The number of hydrogen-bond acceptors (Lipinski definition) is 6. The summed E-state index contributed by atoms with van der Waals surface area (Å²) in [7, 11) is 1.47. The van der Waals surface area contributed by atoms with E-state index >= 15 is 0 Å². The molecule has 0 spiro atoms. The van der Waals surface area contributed by atoms with Gasteiger partial charge in [-0.2, -0.15) is 0 Å². The van der Waals surface area contributed by atoms with Gasteiger partial charge in [-0.25, -0.2) is 4.57 Å². The molecule has 0 rings (SSSR count). The van der Waals surface area contributed by atoms with Crippen LogP contribution >= 0.6 is 7.82 Å². The number of nitrogens with zero attached hydrogens (tertiary/aromatic N) is 1. The molecule has 0 saturated carbocycles. The van der Waals surface area contributed by atoms with E-state index in [1.165, 1.54) is 186 Å². The summed E-state index contributed by atoms with van der Waals surface area (Å²) in [5.74, 6) is -0.564. The molecule has 0 aromatic carbocycles. The summed E-state index contributed by atoms with van der Waals surface area (Å²) in [6, 6.07) is -0.872. The second kappa shape index (κ2) is 58.6. The number of likely N-dealkylation sites (N-methyl/N-ethyl adjacent to an activating group) is 1. The van der Waals surface area contributed by atoms with Gasteiger partial charge in [-0.1, -0.05) is 293 Å². The minimum atomic E-state index is -4.46. The molecule has 0 aromatic rings. The number of unbranched alkanes of at least 4 members (excludes halogenated alkanes) is 34. The number of allylic oxidation sites excluding steroid dienone is 11. The first-order valence-corrected chi connectivity index (χ1v) is 34.8. The van der Waals surface area contributed by atoms with Gasteiger partial charge in [0.25, 0.3) is 0 Å². The molecule has 1 amide bonds. The molecule has 3 unspecified atom stereocenters. The van der Waals surface area contributed by atoms with E-state index in [0.717, 1.165) is 77.0 Å². The van der Waals surface area contributed by atoms with Gasteiger partial charge in [-0.15, -0.1) is 0 Å². The SMILES string of the molecule is CC/C=C\C/C=C\C/C=C\C/C=C\C/C=C\CCCC(=O)OC(/C=C/CCCCCCCCCCCCC)C(COP(=O)(O)OCC[N+](C)(C)C)NC(=O)CCCCCCCCCCCCCCCCCCCCCCCCC. The monoisotopic (exact) mass is 1130 g/mol. The van der Waals surface area contributed by atoms with Crippen molar-refractivity contribution >= 4 is 19.7 Å². The van der Waals surface area contributed by atoms with E-state index in [-0.39, 0.29) is 31.5 Å². The largest absolute Gasteiger partial charge is 0.472 e. The Bertz CT molecular complexity index is 1580. The van der Waals surface area contributed by atoms with Gasteiger partial charge >= 0.3 is 13.8 Å². The molecule has 0 aliphatic heterocycles. The highest BCUT2D eigenvalue weighted by Crippen LogP contribution is 2.43. The van der Waals surface area contributed by atoms with Crippen molar-refractivity contribution in [2.75, 3.05) is 40.9 Å². The van der Waals surface area contributed by atoms with Gasteiger partial charge in [-0.3, -0.25) is 18.6 Å². The summed E-state index contributed by atoms with van der Waals surface area (Å²) in [4.78, 5) is 37.8. The highest BCUT2D eigenvalue weighted by molar-refractivity contribution is 7.47. The third kappa shape index (κ3) is 59.9. The standard InChI is InChI=1S/C69H127N2O7P/c1-7-10-13-16-19-22-25-28-30-32-33-34-35-36-37-39-40-43-46-49-52-55-58-61-68(72)70-66(65-77-79(74,75)76-64-63-71(4,5)6)67(60-57-54-51-48-45-42-27-24-21-18-15-12-9-3)78-69(73)62-59-56-53-50-47-44-41-38-31-29-26-23-20-17-14-11-8-2/h11,14,20,23,29,31,41,44,50,53,57,60,66-67H,7-10,12-13,15-19,21-22,24-28,30,32-40,42-43,45-49,51-52,54-56,58-59,61-65H2,1-6H3,(H-,70,72,74,75)/p+1/b14-11-,23-20-,31-29-,44-41-,53-50-,60-57+. The molecule has 0 aliphatic rings. The predicted molar refractivity (Wildman–Crippen MR) is 341 cm³/mol. The fraction of sp³-hybridized carbons (Fsp3) is 0.797. The summed E-state index contributed by atoms with van der Waals surface area (Å²) in [5.41, 5.74) is 0. The third-order valence-electron chi connectivity index (χ3n) is 14.7. The Balaban J connectivity index is 5.22.